The van der Waals surface area contributed by atoms with Crippen LogP contribution in [0.15, 0.2) is 48.7 Å². The lowest BCUT2D eigenvalue weighted by molar-refractivity contribution is 0.102. The fourth-order valence-corrected chi connectivity index (χ4v) is 3.71. The van der Waals surface area contributed by atoms with E-state index >= 15 is 0 Å². The highest BCUT2D eigenvalue weighted by molar-refractivity contribution is 6.37. The number of benzene rings is 2. The molecule has 0 radical (unpaired) electrons. The number of nitrogens with one attached hydrogen (secondary N) is 1. The summed E-state index contributed by atoms with van der Waals surface area (Å²) in [4.78, 5) is 17.5. The maximum Gasteiger partial charge on any atom is 0.258 e. The molecule has 4 aromatic rings. The maximum atomic E-state index is 12.8. The fraction of sp³-hybridized carbons (Fsp3) is 0.0909. The molecule has 0 aliphatic carbocycles. The third-order valence-corrected chi connectivity index (χ3v) is 5.28. The molecule has 0 unspecified atom stereocenters. The number of anilines is 1. The minimum absolute atomic E-state index is 0.179. The Labute approximate surface area is 187 Å². The van der Waals surface area contributed by atoms with Gasteiger partial charge in [0.25, 0.3) is 5.91 Å². The number of para-hydroxylation sites is 1. The zero-order chi connectivity index (χ0) is 22.1. The Morgan fingerprint density at radius 2 is 2.03 bits per heavy atom. The van der Waals surface area contributed by atoms with Crippen LogP contribution in [0.5, 0.6) is 5.75 Å². The van der Waals surface area contributed by atoms with Gasteiger partial charge in [-0.2, -0.15) is 15.0 Å². The quantitative estimate of drug-likeness (QED) is 0.461. The number of aromatic nitrogens is 3. The van der Waals surface area contributed by atoms with Gasteiger partial charge < -0.3 is 10.1 Å². The van der Waals surface area contributed by atoms with Gasteiger partial charge in [-0.1, -0.05) is 35.3 Å². The van der Waals surface area contributed by atoms with Gasteiger partial charge in [-0.15, -0.1) is 0 Å². The first-order valence-electron chi connectivity index (χ1n) is 9.12. The predicted molar refractivity (Wildman–Crippen MR) is 119 cm³/mol. The number of carbonyl (C=O) groups excluding carboxylic acids is 1. The van der Waals surface area contributed by atoms with E-state index < -0.39 is 5.91 Å². The molecule has 0 bridgehead atoms. The molecular weight excluding hydrogens is 437 g/mol. The van der Waals surface area contributed by atoms with Crippen molar-refractivity contribution in [2.24, 2.45) is 0 Å². The highest BCUT2D eigenvalue weighted by atomic mass is 35.5. The van der Waals surface area contributed by atoms with Crippen molar-refractivity contribution in [3.05, 3.63) is 75.4 Å². The number of aryl methyl sites for hydroxylation is 1. The summed E-state index contributed by atoms with van der Waals surface area (Å²) in [5, 5.41) is 18.0. The van der Waals surface area contributed by atoms with Crippen molar-refractivity contribution in [3.8, 4) is 17.6 Å². The Hall–Kier alpha value is -3.60. The average Bonchev–Trinajstić information content (AvgIpc) is 3.15. The zero-order valence-corrected chi connectivity index (χ0v) is 18.0. The molecule has 1 N–H and O–H groups in total. The van der Waals surface area contributed by atoms with Gasteiger partial charge in [0.1, 0.15) is 22.9 Å². The van der Waals surface area contributed by atoms with Crippen LogP contribution in [0.25, 0.3) is 16.7 Å². The molecule has 0 saturated heterocycles. The number of methoxy groups -OCH3 is 1. The number of hydrogen-bond acceptors (Lipinski definition) is 5. The van der Waals surface area contributed by atoms with Crippen LogP contribution in [0.2, 0.25) is 10.0 Å². The van der Waals surface area contributed by atoms with Gasteiger partial charge in [-0.25, -0.2) is 4.98 Å². The number of fused-ring (bicyclic) bond motifs is 1. The highest BCUT2D eigenvalue weighted by Crippen LogP contribution is 2.29. The Balaban J connectivity index is 1.82. The number of rotatable bonds is 4. The number of halogens is 2. The smallest absolute Gasteiger partial charge is 0.258 e. The summed E-state index contributed by atoms with van der Waals surface area (Å²) in [5.74, 6) is 0.705. The zero-order valence-electron chi connectivity index (χ0n) is 16.5. The maximum absolute atomic E-state index is 12.8. The third kappa shape index (κ3) is 3.79. The minimum Gasteiger partial charge on any atom is -0.494 e. The molecule has 31 heavy (non-hydrogen) atoms. The number of carbonyl (C=O) groups is 1. The van der Waals surface area contributed by atoms with E-state index in [4.69, 9.17) is 27.9 Å². The molecule has 0 spiro atoms. The van der Waals surface area contributed by atoms with Crippen molar-refractivity contribution in [1.29, 1.82) is 5.26 Å². The van der Waals surface area contributed by atoms with Crippen LogP contribution < -0.4 is 10.1 Å². The molecule has 2 aromatic carbocycles. The number of amides is 1. The lowest BCUT2D eigenvalue weighted by atomic mass is 10.1. The van der Waals surface area contributed by atoms with Gasteiger partial charge >= 0.3 is 0 Å². The average molecular weight is 452 g/mol. The van der Waals surface area contributed by atoms with Crippen LogP contribution in [-0.2, 0) is 0 Å². The number of nitrogens with zero attached hydrogens (tertiary/aromatic N) is 4. The Bertz CT molecular complexity index is 1370. The molecule has 7 nitrogen and oxygen atoms in total. The Morgan fingerprint density at radius 3 is 2.74 bits per heavy atom. The highest BCUT2D eigenvalue weighted by Gasteiger charge is 2.20. The van der Waals surface area contributed by atoms with Crippen LogP contribution in [0.3, 0.4) is 0 Å². The lowest BCUT2D eigenvalue weighted by Gasteiger charge is -2.13. The van der Waals surface area contributed by atoms with Crippen LogP contribution in [-0.4, -0.2) is 27.8 Å². The third-order valence-electron chi connectivity index (χ3n) is 4.73. The van der Waals surface area contributed by atoms with E-state index in [0.717, 1.165) is 10.9 Å². The molecule has 0 saturated carbocycles. The monoisotopic (exact) mass is 451 g/mol. The predicted octanol–water partition coefficient (Wildman–Crippen LogP) is 5.17. The van der Waals surface area contributed by atoms with Crippen molar-refractivity contribution in [2.45, 2.75) is 6.92 Å². The van der Waals surface area contributed by atoms with Crippen molar-refractivity contribution < 1.29 is 9.53 Å². The summed E-state index contributed by atoms with van der Waals surface area (Å²) in [7, 11) is 1.57. The topological polar surface area (TPSA) is 92.8 Å². The van der Waals surface area contributed by atoms with E-state index in [0.29, 0.717) is 22.1 Å². The van der Waals surface area contributed by atoms with E-state index in [2.05, 4.69) is 15.4 Å². The Morgan fingerprint density at radius 1 is 1.23 bits per heavy atom. The number of nitriles is 1. The first kappa shape index (κ1) is 20.7. The molecular formula is C22H15Cl2N5O2. The van der Waals surface area contributed by atoms with E-state index in [1.165, 1.54) is 23.0 Å². The number of hydrogen-bond donors (Lipinski definition) is 1. The molecule has 0 aliphatic heterocycles. The van der Waals surface area contributed by atoms with Gasteiger partial charge in [0.2, 0.25) is 0 Å². The van der Waals surface area contributed by atoms with Crippen LogP contribution in [0.1, 0.15) is 21.5 Å². The molecule has 9 heteroatoms. The van der Waals surface area contributed by atoms with Crippen molar-refractivity contribution in [1.82, 2.24) is 14.8 Å². The second kappa shape index (κ2) is 8.26. The standard InChI is InChI=1S/C22H15Cl2N5O2/c1-12-8-19(27-20-15(12)4-3-5-18(20)31-2)29-21(13(10-25)11-26-29)28-22(30)16-7-6-14(23)9-17(16)24/h3-9,11H,1-2H3,(H,28,30). The Kier molecular flexibility index (Phi) is 5.51. The van der Waals surface area contributed by atoms with Gasteiger partial charge in [-0.05, 0) is 42.8 Å². The molecule has 2 aromatic heterocycles. The van der Waals surface area contributed by atoms with Crippen LogP contribution >= 0.6 is 23.2 Å². The first-order valence-corrected chi connectivity index (χ1v) is 9.87. The fourth-order valence-electron chi connectivity index (χ4n) is 3.22. The molecule has 2 heterocycles. The van der Waals surface area contributed by atoms with Gasteiger partial charge in [0.15, 0.2) is 11.6 Å². The summed E-state index contributed by atoms with van der Waals surface area (Å²) in [5.41, 5.74) is 1.97. The largest absolute Gasteiger partial charge is 0.494 e. The van der Waals surface area contributed by atoms with Gasteiger partial charge in [-0.3, -0.25) is 4.79 Å². The molecule has 4 rings (SSSR count). The van der Waals surface area contributed by atoms with Crippen molar-refractivity contribution in [2.75, 3.05) is 12.4 Å². The summed E-state index contributed by atoms with van der Waals surface area (Å²) >= 11 is 12.1. The second-order valence-corrected chi connectivity index (χ2v) is 7.51. The SMILES string of the molecule is COc1cccc2c(C)cc(-n3ncc(C#N)c3NC(=O)c3ccc(Cl)cc3Cl)nc12. The molecule has 0 aliphatic rings. The van der Waals surface area contributed by atoms with E-state index in [-0.39, 0.29) is 22.0 Å². The molecule has 1 amide bonds. The van der Waals surface area contributed by atoms with Crippen LogP contribution in [0.4, 0.5) is 5.82 Å². The van der Waals surface area contributed by atoms with E-state index in [1.807, 2.05) is 37.3 Å². The summed E-state index contributed by atoms with van der Waals surface area (Å²) in [6.45, 7) is 1.94. The van der Waals surface area contributed by atoms with Gasteiger partial charge in [0.05, 0.1) is 23.9 Å². The van der Waals surface area contributed by atoms with E-state index in [9.17, 15) is 10.1 Å². The molecule has 0 fully saturated rings. The van der Waals surface area contributed by atoms with Crippen molar-refractivity contribution >= 4 is 45.8 Å². The molecule has 154 valence electrons. The molecule has 0 atom stereocenters. The number of ether oxygens (including phenoxy) is 1. The van der Waals surface area contributed by atoms with E-state index in [1.54, 1.807) is 13.2 Å². The van der Waals surface area contributed by atoms with Crippen LogP contribution in [0, 0.1) is 18.3 Å². The number of pyridine rings is 1. The van der Waals surface area contributed by atoms with Crippen molar-refractivity contribution in [3.63, 3.8) is 0 Å². The summed E-state index contributed by atoms with van der Waals surface area (Å²) in [6, 6.07) is 14.0. The lowest BCUT2D eigenvalue weighted by Crippen LogP contribution is -2.17. The first-order chi connectivity index (χ1) is 14.9. The van der Waals surface area contributed by atoms with Gasteiger partial charge in [0, 0.05) is 10.4 Å². The normalized spacial score (nSPS) is 10.7. The second-order valence-electron chi connectivity index (χ2n) is 6.66. The summed E-state index contributed by atoms with van der Waals surface area (Å²) < 4.78 is 6.84. The minimum atomic E-state index is -0.505. The summed E-state index contributed by atoms with van der Waals surface area (Å²) in [6.07, 6.45) is 1.36.